The first-order chi connectivity index (χ1) is 16.7. The molecule has 0 spiro atoms. The molecule has 1 saturated heterocycles. The lowest BCUT2D eigenvalue weighted by atomic mass is 10.1. The molecule has 1 aliphatic heterocycles. The smallest absolute Gasteiger partial charge is 0.269 e. The number of nitro benzene ring substituents is 2. The molecule has 35 heavy (non-hydrogen) atoms. The number of nitro groups is 2. The summed E-state index contributed by atoms with van der Waals surface area (Å²) in [5, 5.41) is 24.9. The van der Waals surface area contributed by atoms with Gasteiger partial charge in [0.1, 0.15) is 6.04 Å². The zero-order valence-corrected chi connectivity index (χ0v) is 19.4. The quantitative estimate of drug-likeness (QED) is 0.306. The summed E-state index contributed by atoms with van der Waals surface area (Å²) in [4.78, 5) is 57.5. The number of nitrogens with one attached hydrogen (secondary N) is 1. The van der Waals surface area contributed by atoms with Crippen molar-refractivity contribution in [3.8, 4) is 0 Å². The Morgan fingerprint density at radius 1 is 0.943 bits per heavy atom. The highest BCUT2D eigenvalue weighted by molar-refractivity contribution is 7.10. The molecule has 3 aromatic rings. The largest absolute Gasteiger partial charge is 0.352 e. The van der Waals surface area contributed by atoms with Crippen molar-refractivity contribution in [2.75, 3.05) is 13.1 Å². The molecular weight excluding hydrogens is 500 g/mol. The average Bonchev–Trinajstić information content (AvgIpc) is 3.38. The van der Waals surface area contributed by atoms with E-state index in [-0.39, 0.29) is 28.8 Å². The maximum atomic E-state index is 12.7. The third kappa shape index (κ3) is 6.25. The standard InChI is InChI=1S/C15H13N3O4S.C7H4ClNO3/c19-14-13(12-2-1-9-23-12)17(8-7-16-14)15(20)10-3-5-11(6-4-10)18(21)22;8-7(10)5-1-3-6(4-2-5)9(11)12/h1-6,9,13H,7-8H2,(H,16,19);1-4H. The van der Waals surface area contributed by atoms with Crippen LogP contribution in [0.1, 0.15) is 31.6 Å². The number of hydrogen-bond donors (Lipinski definition) is 1. The zero-order chi connectivity index (χ0) is 25.5. The van der Waals surface area contributed by atoms with Crippen molar-refractivity contribution in [1.29, 1.82) is 0 Å². The van der Waals surface area contributed by atoms with E-state index in [0.29, 0.717) is 18.7 Å². The van der Waals surface area contributed by atoms with Crippen molar-refractivity contribution in [3.05, 3.63) is 102 Å². The number of non-ortho nitro benzene ring substituents is 2. The zero-order valence-electron chi connectivity index (χ0n) is 17.8. The third-order valence-corrected chi connectivity index (χ3v) is 6.06. The number of piperazine rings is 1. The topological polar surface area (TPSA) is 153 Å². The molecule has 180 valence electrons. The summed E-state index contributed by atoms with van der Waals surface area (Å²) in [6, 6.07) is 13.5. The minimum Gasteiger partial charge on any atom is -0.352 e. The van der Waals surface area contributed by atoms with Crippen LogP contribution in [0.15, 0.2) is 66.0 Å². The van der Waals surface area contributed by atoms with Crippen molar-refractivity contribution >= 4 is 51.4 Å². The lowest BCUT2D eigenvalue weighted by Crippen LogP contribution is -2.51. The first-order valence-electron chi connectivity index (χ1n) is 10.00. The van der Waals surface area contributed by atoms with Crippen LogP contribution in [0.2, 0.25) is 0 Å². The molecule has 1 aromatic heterocycles. The molecule has 1 aliphatic rings. The average molecular weight is 517 g/mol. The number of carbonyl (C=O) groups is 3. The fourth-order valence-corrected chi connectivity index (χ4v) is 4.18. The Labute approximate surface area is 207 Å². The molecule has 13 heteroatoms. The second kappa shape index (κ2) is 11.3. The molecule has 0 aliphatic carbocycles. The van der Waals surface area contributed by atoms with E-state index in [4.69, 9.17) is 11.6 Å². The molecular formula is C22H17ClN4O7S. The first-order valence-corrected chi connectivity index (χ1v) is 11.3. The Morgan fingerprint density at radius 3 is 1.94 bits per heavy atom. The van der Waals surface area contributed by atoms with Crippen LogP contribution in [0, 0.1) is 20.2 Å². The second-order valence-corrected chi connectivity index (χ2v) is 8.41. The molecule has 2 amide bonds. The molecule has 1 atom stereocenters. The van der Waals surface area contributed by atoms with Crippen molar-refractivity contribution < 1.29 is 24.2 Å². The number of benzene rings is 2. The van der Waals surface area contributed by atoms with Gasteiger partial charge in [0.05, 0.1) is 9.85 Å². The van der Waals surface area contributed by atoms with E-state index in [2.05, 4.69) is 5.32 Å². The minimum absolute atomic E-state index is 0.0586. The molecule has 1 fully saturated rings. The number of thiophene rings is 1. The summed E-state index contributed by atoms with van der Waals surface area (Å²) in [6.45, 7) is 0.781. The molecule has 1 unspecified atom stereocenters. The Kier molecular flexibility index (Phi) is 8.23. The van der Waals surface area contributed by atoms with Gasteiger partial charge in [0.15, 0.2) is 0 Å². The molecule has 2 heterocycles. The second-order valence-electron chi connectivity index (χ2n) is 7.09. The van der Waals surface area contributed by atoms with Crippen LogP contribution in [-0.2, 0) is 4.79 Å². The fraction of sp³-hybridized carbons (Fsp3) is 0.136. The van der Waals surface area contributed by atoms with Crippen LogP contribution >= 0.6 is 22.9 Å². The van der Waals surface area contributed by atoms with E-state index in [1.54, 1.807) is 0 Å². The Bertz CT molecular complexity index is 1210. The highest BCUT2D eigenvalue weighted by atomic mass is 35.5. The van der Waals surface area contributed by atoms with Crippen LogP contribution in [0.5, 0.6) is 0 Å². The molecule has 1 N–H and O–H groups in total. The molecule has 0 radical (unpaired) electrons. The third-order valence-electron chi connectivity index (χ3n) is 4.92. The van der Waals surface area contributed by atoms with Gasteiger partial charge in [-0.2, -0.15) is 0 Å². The van der Waals surface area contributed by atoms with Gasteiger partial charge in [0, 0.05) is 53.4 Å². The lowest BCUT2D eigenvalue weighted by Gasteiger charge is -2.34. The maximum Gasteiger partial charge on any atom is 0.269 e. The van der Waals surface area contributed by atoms with Crippen molar-refractivity contribution in [3.63, 3.8) is 0 Å². The maximum absolute atomic E-state index is 12.7. The summed E-state index contributed by atoms with van der Waals surface area (Å²) in [6.07, 6.45) is 0. The number of hydrogen-bond acceptors (Lipinski definition) is 8. The summed E-state index contributed by atoms with van der Waals surface area (Å²) < 4.78 is 0. The van der Waals surface area contributed by atoms with Crippen molar-refractivity contribution in [2.45, 2.75) is 6.04 Å². The minimum atomic E-state index is -0.661. The van der Waals surface area contributed by atoms with Crippen LogP contribution in [0.25, 0.3) is 0 Å². The van der Waals surface area contributed by atoms with Gasteiger partial charge in [0.25, 0.3) is 22.5 Å². The first kappa shape index (κ1) is 25.5. The van der Waals surface area contributed by atoms with Gasteiger partial charge in [-0.1, -0.05) is 6.07 Å². The number of nitrogens with zero attached hydrogens (tertiary/aromatic N) is 3. The SMILES string of the molecule is O=C(Cl)c1ccc([N+](=O)[O-])cc1.O=C1NCCN(C(=O)c2ccc([N+](=O)[O-])cc2)C1c1cccs1. The number of halogens is 1. The summed E-state index contributed by atoms with van der Waals surface area (Å²) >= 11 is 6.54. The summed E-state index contributed by atoms with van der Waals surface area (Å²) in [7, 11) is 0. The molecule has 0 bridgehead atoms. The fourth-order valence-electron chi connectivity index (χ4n) is 3.22. The van der Waals surface area contributed by atoms with E-state index < -0.39 is 21.1 Å². The van der Waals surface area contributed by atoms with Crippen molar-refractivity contribution in [1.82, 2.24) is 10.2 Å². The van der Waals surface area contributed by atoms with Gasteiger partial charge in [0.2, 0.25) is 5.91 Å². The van der Waals surface area contributed by atoms with E-state index in [1.165, 1.54) is 64.8 Å². The molecule has 2 aromatic carbocycles. The van der Waals surface area contributed by atoms with Gasteiger partial charge in [-0.3, -0.25) is 34.6 Å². The van der Waals surface area contributed by atoms with Gasteiger partial charge >= 0.3 is 0 Å². The molecule has 0 saturated carbocycles. The van der Waals surface area contributed by atoms with Crippen LogP contribution in [-0.4, -0.2) is 44.9 Å². The predicted octanol–water partition coefficient (Wildman–Crippen LogP) is 3.94. The van der Waals surface area contributed by atoms with Gasteiger partial charge in [-0.05, 0) is 47.3 Å². The predicted molar refractivity (Wildman–Crippen MR) is 127 cm³/mol. The van der Waals surface area contributed by atoms with E-state index in [0.717, 1.165) is 4.88 Å². The highest BCUT2D eigenvalue weighted by Crippen LogP contribution is 2.28. The monoisotopic (exact) mass is 516 g/mol. The normalized spacial score (nSPS) is 14.8. The van der Waals surface area contributed by atoms with E-state index in [9.17, 15) is 34.6 Å². The Hall–Kier alpha value is -4.16. The lowest BCUT2D eigenvalue weighted by molar-refractivity contribution is -0.385. The Balaban J connectivity index is 0.000000241. The van der Waals surface area contributed by atoms with Crippen LogP contribution in [0.4, 0.5) is 11.4 Å². The van der Waals surface area contributed by atoms with Crippen LogP contribution < -0.4 is 5.32 Å². The molecule has 11 nitrogen and oxygen atoms in total. The summed E-state index contributed by atoms with van der Waals surface area (Å²) in [5.74, 6) is -0.526. The summed E-state index contributed by atoms with van der Waals surface area (Å²) in [5.41, 5.74) is 0.443. The van der Waals surface area contributed by atoms with E-state index >= 15 is 0 Å². The molecule has 4 rings (SSSR count). The number of rotatable bonds is 5. The van der Waals surface area contributed by atoms with Crippen molar-refractivity contribution in [2.24, 2.45) is 0 Å². The van der Waals surface area contributed by atoms with Gasteiger partial charge < -0.3 is 10.2 Å². The van der Waals surface area contributed by atoms with E-state index in [1.807, 2.05) is 17.5 Å². The number of carbonyl (C=O) groups excluding carboxylic acids is 3. The van der Waals surface area contributed by atoms with Gasteiger partial charge in [-0.15, -0.1) is 11.3 Å². The Morgan fingerprint density at radius 2 is 1.49 bits per heavy atom. The highest BCUT2D eigenvalue weighted by Gasteiger charge is 2.35. The number of amides is 2. The van der Waals surface area contributed by atoms with Crippen LogP contribution in [0.3, 0.4) is 0 Å². The van der Waals surface area contributed by atoms with Gasteiger partial charge in [-0.25, -0.2) is 0 Å².